The van der Waals surface area contributed by atoms with Crippen LogP contribution in [-0.4, -0.2) is 62.2 Å². The van der Waals surface area contributed by atoms with Crippen molar-refractivity contribution in [2.75, 3.05) is 24.9 Å². The third-order valence-electron chi connectivity index (χ3n) is 7.35. The van der Waals surface area contributed by atoms with Gasteiger partial charge in [0.2, 0.25) is 11.8 Å². The molecule has 0 spiro atoms. The van der Waals surface area contributed by atoms with E-state index in [2.05, 4.69) is 5.32 Å². The Morgan fingerprint density at radius 1 is 1.02 bits per heavy atom. The van der Waals surface area contributed by atoms with Gasteiger partial charge in [0.05, 0.1) is 5.69 Å². The molecule has 2 aromatic carbocycles. The number of rotatable bonds is 11. The summed E-state index contributed by atoms with van der Waals surface area (Å²) in [6.07, 6.45) is 5.41. The van der Waals surface area contributed by atoms with Crippen LogP contribution in [0.15, 0.2) is 36.4 Å². The normalized spacial score (nSPS) is 15.1. The number of benzene rings is 2. The van der Waals surface area contributed by atoms with Crippen LogP contribution in [0.25, 0.3) is 0 Å². The Kier molecular flexibility index (Phi) is 11.3. The van der Waals surface area contributed by atoms with Gasteiger partial charge in [0.25, 0.3) is 0 Å². The molecule has 0 aromatic heterocycles. The first-order chi connectivity index (χ1) is 18.8. The van der Waals surface area contributed by atoms with Gasteiger partial charge in [-0.15, -0.1) is 0 Å². The van der Waals surface area contributed by atoms with E-state index in [9.17, 15) is 18.0 Å². The van der Waals surface area contributed by atoms with Gasteiger partial charge in [-0.3, -0.25) is 9.59 Å². The molecule has 0 saturated heterocycles. The highest BCUT2D eigenvalue weighted by atomic mass is 35.5. The van der Waals surface area contributed by atoms with Crippen LogP contribution >= 0.6 is 23.2 Å². The molecule has 1 aliphatic rings. The highest BCUT2D eigenvalue weighted by molar-refractivity contribution is 7.90. The summed E-state index contributed by atoms with van der Waals surface area (Å²) in [6, 6.07) is 9.68. The molecule has 1 atom stereocenters. The predicted octanol–water partition coefficient (Wildman–Crippen LogP) is 5.48. The molecule has 1 fully saturated rings. The van der Waals surface area contributed by atoms with E-state index in [1.54, 1.807) is 31.2 Å². The molecule has 2 aromatic rings. The lowest BCUT2D eigenvalue weighted by Gasteiger charge is -2.35. The molecule has 1 N–H and O–H groups in total. The molecule has 11 heteroatoms. The Balaban J connectivity index is 2.02. The minimum absolute atomic E-state index is 0.0219. The van der Waals surface area contributed by atoms with Crippen LogP contribution in [0, 0.1) is 13.8 Å². The number of carbonyl (C=O) groups is 2. The van der Waals surface area contributed by atoms with Gasteiger partial charge >= 0.3 is 10.2 Å². The topological polar surface area (TPSA) is 90.0 Å². The van der Waals surface area contributed by atoms with Crippen molar-refractivity contribution in [2.24, 2.45) is 0 Å². The number of hydrogen-bond acceptors (Lipinski definition) is 4. The molecule has 0 radical (unpaired) electrons. The zero-order valence-electron chi connectivity index (χ0n) is 23.9. The van der Waals surface area contributed by atoms with Crippen LogP contribution < -0.4 is 9.62 Å². The predicted molar refractivity (Wildman–Crippen MR) is 162 cm³/mol. The first kappa shape index (κ1) is 32.2. The molecule has 1 aliphatic carbocycles. The van der Waals surface area contributed by atoms with Crippen LogP contribution in [0.2, 0.25) is 10.0 Å². The summed E-state index contributed by atoms with van der Waals surface area (Å²) in [5.74, 6) is -0.760. The summed E-state index contributed by atoms with van der Waals surface area (Å²) in [5.41, 5.74) is 2.58. The van der Waals surface area contributed by atoms with Crippen molar-refractivity contribution >= 4 is 50.9 Å². The van der Waals surface area contributed by atoms with Crippen molar-refractivity contribution in [3.63, 3.8) is 0 Å². The minimum Gasteiger partial charge on any atom is -0.352 e. The minimum atomic E-state index is -4.05. The van der Waals surface area contributed by atoms with Gasteiger partial charge in [0.15, 0.2) is 0 Å². The SMILES string of the molecule is CC[C@H](C(=O)NC1CCCCC1)N(Cc1ccc(Cl)cc1Cl)C(=O)CN(c1cc(C)ccc1C)S(=O)(=O)N(C)C. The van der Waals surface area contributed by atoms with Gasteiger partial charge in [-0.2, -0.15) is 12.7 Å². The monoisotopic (exact) mass is 610 g/mol. The summed E-state index contributed by atoms with van der Waals surface area (Å²) in [6.45, 7) is 5.04. The molecule has 40 heavy (non-hydrogen) atoms. The van der Waals surface area contributed by atoms with E-state index in [4.69, 9.17) is 23.2 Å². The Bertz CT molecular complexity index is 1310. The average molecular weight is 612 g/mol. The molecule has 2 amide bonds. The Hall–Kier alpha value is -2.33. The van der Waals surface area contributed by atoms with Crippen molar-refractivity contribution in [3.05, 3.63) is 63.1 Å². The molecule has 0 aliphatic heterocycles. The average Bonchev–Trinajstić information content (AvgIpc) is 2.90. The first-order valence-electron chi connectivity index (χ1n) is 13.7. The molecule has 0 heterocycles. The van der Waals surface area contributed by atoms with Crippen molar-refractivity contribution < 1.29 is 18.0 Å². The third kappa shape index (κ3) is 7.90. The van der Waals surface area contributed by atoms with Gasteiger partial charge < -0.3 is 10.2 Å². The van der Waals surface area contributed by atoms with Crippen LogP contribution in [0.4, 0.5) is 5.69 Å². The zero-order valence-corrected chi connectivity index (χ0v) is 26.2. The zero-order chi connectivity index (χ0) is 29.6. The molecule has 3 rings (SSSR count). The maximum atomic E-state index is 14.1. The van der Waals surface area contributed by atoms with E-state index in [0.717, 1.165) is 46.3 Å². The molecule has 8 nitrogen and oxygen atoms in total. The van der Waals surface area contributed by atoms with Crippen molar-refractivity contribution in [1.29, 1.82) is 0 Å². The second-order valence-corrected chi connectivity index (χ2v) is 13.5. The van der Waals surface area contributed by atoms with Crippen LogP contribution in [0.1, 0.15) is 62.1 Å². The summed E-state index contributed by atoms with van der Waals surface area (Å²) < 4.78 is 29.2. The summed E-state index contributed by atoms with van der Waals surface area (Å²) in [7, 11) is -1.19. The number of nitrogens with one attached hydrogen (secondary N) is 1. The molecule has 0 bridgehead atoms. The van der Waals surface area contributed by atoms with Gasteiger partial charge in [-0.25, -0.2) is 4.31 Å². The number of amides is 2. The second-order valence-electron chi connectivity index (χ2n) is 10.6. The van der Waals surface area contributed by atoms with Crippen LogP contribution in [0.3, 0.4) is 0 Å². The maximum Gasteiger partial charge on any atom is 0.304 e. The number of halogens is 2. The van der Waals surface area contributed by atoms with Crippen LogP contribution in [-0.2, 0) is 26.3 Å². The highest BCUT2D eigenvalue weighted by Gasteiger charge is 2.35. The van der Waals surface area contributed by atoms with Gasteiger partial charge in [-0.1, -0.05) is 67.6 Å². The molecular weight excluding hydrogens is 571 g/mol. The lowest BCUT2D eigenvalue weighted by molar-refractivity contribution is -0.140. The molecule has 0 unspecified atom stereocenters. The van der Waals surface area contributed by atoms with E-state index in [-0.39, 0.29) is 18.5 Å². The fourth-order valence-corrected chi connectivity index (χ4v) is 6.57. The summed E-state index contributed by atoms with van der Waals surface area (Å²) >= 11 is 12.6. The van der Waals surface area contributed by atoms with Crippen molar-refractivity contribution in [1.82, 2.24) is 14.5 Å². The number of aryl methyl sites for hydroxylation is 2. The van der Waals surface area contributed by atoms with E-state index < -0.39 is 28.7 Å². The third-order valence-corrected chi connectivity index (χ3v) is 9.74. The van der Waals surface area contributed by atoms with E-state index >= 15 is 0 Å². The van der Waals surface area contributed by atoms with E-state index in [1.807, 2.05) is 26.0 Å². The van der Waals surface area contributed by atoms with Crippen LogP contribution in [0.5, 0.6) is 0 Å². The Labute approximate surface area is 248 Å². The quantitative estimate of drug-likeness (QED) is 0.365. The molecule has 220 valence electrons. The van der Waals surface area contributed by atoms with E-state index in [1.165, 1.54) is 19.0 Å². The maximum absolute atomic E-state index is 14.1. The van der Waals surface area contributed by atoms with Crippen molar-refractivity contribution in [2.45, 2.75) is 77.9 Å². The second kappa shape index (κ2) is 14.0. The summed E-state index contributed by atoms with van der Waals surface area (Å²) in [5, 5.41) is 3.95. The lowest BCUT2D eigenvalue weighted by Crippen LogP contribution is -2.54. The number of hydrogen-bond donors (Lipinski definition) is 1. The Morgan fingerprint density at radius 3 is 2.30 bits per heavy atom. The fraction of sp³-hybridized carbons (Fsp3) is 0.517. The largest absolute Gasteiger partial charge is 0.352 e. The number of nitrogens with zero attached hydrogens (tertiary/aromatic N) is 3. The van der Waals surface area contributed by atoms with E-state index in [0.29, 0.717) is 33.3 Å². The van der Waals surface area contributed by atoms with Crippen molar-refractivity contribution in [3.8, 4) is 0 Å². The number of carbonyl (C=O) groups excluding carboxylic acids is 2. The Morgan fingerprint density at radius 2 is 1.70 bits per heavy atom. The van der Waals surface area contributed by atoms with Gasteiger partial charge in [0, 0.05) is 36.7 Å². The summed E-state index contributed by atoms with van der Waals surface area (Å²) in [4.78, 5) is 29.1. The highest BCUT2D eigenvalue weighted by Crippen LogP contribution is 2.28. The smallest absolute Gasteiger partial charge is 0.304 e. The first-order valence-corrected chi connectivity index (χ1v) is 15.8. The van der Waals surface area contributed by atoms with Gasteiger partial charge in [0.1, 0.15) is 12.6 Å². The van der Waals surface area contributed by atoms with Gasteiger partial charge in [-0.05, 0) is 68.0 Å². The lowest BCUT2D eigenvalue weighted by atomic mass is 9.95. The standard InChI is InChI=1S/C29H40Cl2N4O4S/c1-6-26(29(37)32-24-10-8-7-9-11-24)34(18-22-14-15-23(30)17-25(22)31)28(36)19-35(40(38,39)33(4)5)27-16-20(2)12-13-21(27)3/h12-17,24,26H,6-11,18-19H2,1-5H3,(H,32,37)/t26-/m1/s1. The molecular formula is C29H40Cl2N4O4S. The molecule has 1 saturated carbocycles. The fourth-order valence-electron chi connectivity index (χ4n) is 4.99. The number of anilines is 1.